The minimum atomic E-state index is -0.945. The number of alkyl carbamates (subject to hydrolysis) is 1. The van der Waals surface area contributed by atoms with Gasteiger partial charge in [0.05, 0.1) is 5.39 Å². The molecule has 1 aromatic heterocycles. The van der Waals surface area contributed by atoms with Gasteiger partial charge in [0.1, 0.15) is 35.0 Å². The number of hydrogen-bond acceptors (Lipinski definition) is 7. The highest BCUT2D eigenvalue weighted by Crippen LogP contribution is 2.24. The maximum Gasteiger partial charge on any atom is 0.408 e. The molecule has 0 fully saturated rings. The molecule has 1 amide bonds. The monoisotopic (exact) mass is 425 g/mol. The van der Waals surface area contributed by atoms with Crippen LogP contribution in [0.15, 0.2) is 64.0 Å². The zero-order valence-electron chi connectivity index (χ0n) is 17.6. The third-order valence-corrected chi connectivity index (χ3v) is 3.99. The van der Waals surface area contributed by atoms with E-state index in [1.807, 2.05) is 6.07 Å². The molecule has 0 spiro atoms. The molecule has 0 bridgehead atoms. The predicted molar refractivity (Wildman–Crippen MR) is 113 cm³/mol. The molecular formula is C23H23NO7. The predicted octanol–water partition coefficient (Wildman–Crippen LogP) is 4.40. The molecule has 8 heteroatoms. The normalized spacial score (nSPS) is 12.1. The Labute approximate surface area is 178 Å². The SMILES string of the molecule is C[C@@H](NC(=O)OC(C)(C)C)C(=O)Oc1ccc2c(=O)c(Oc3ccccc3)coc2c1. The first-order chi connectivity index (χ1) is 14.6. The lowest BCUT2D eigenvalue weighted by atomic mass is 10.2. The number of esters is 1. The van der Waals surface area contributed by atoms with Gasteiger partial charge in [-0.25, -0.2) is 9.59 Å². The molecule has 3 rings (SSSR count). The molecule has 1 heterocycles. The fourth-order valence-electron chi connectivity index (χ4n) is 2.59. The van der Waals surface area contributed by atoms with E-state index >= 15 is 0 Å². The second kappa shape index (κ2) is 8.91. The summed E-state index contributed by atoms with van der Waals surface area (Å²) in [6.45, 7) is 6.62. The average molecular weight is 425 g/mol. The van der Waals surface area contributed by atoms with Crippen molar-refractivity contribution in [3.8, 4) is 17.2 Å². The maximum absolute atomic E-state index is 12.7. The van der Waals surface area contributed by atoms with E-state index in [9.17, 15) is 14.4 Å². The van der Waals surface area contributed by atoms with Gasteiger partial charge in [0.15, 0.2) is 0 Å². The van der Waals surface area contributed by atoms with Crippen LogP contribution in [0.2, 0.25) is 0 Å². The van der Waals surface area contributed by atoms with Gasteiger partial charge in [0.25, 0.3) is 0 Å². The minimum Gasteiger partial charge on any atom is -0.460 e. The first kappa shape index (κ1) is 21.9. The zero-order valence-corrected chi connectivity index (χ0v) is 17.6. The van der Waals surface area contributed by atoms with Crippen molar-refractivity contribution in [2.45, 2.75) is 39.3 Å². The van der Waals surface area contributed by atoms with E-state index in [0.717, 1.165) is 0 Å². The van der Waals surface area contributed by atoms with Crippen LogP contribution in [-0.4, -0.2) is 23.7 Å². The van der Waals surface area contributed by atoms with Crippen molar-refractivity contribution in [3.05, 3.63) is 65.0 Å². The number of fused-ring (bicyclic) bond motifs is 1. The lowest BCUT2D eigenvalue weighted by molar-refractivity contribution is -0.136. The molecular weight excluding hydrogens is 402 g/mol. The zero-order chi connectivity index (χ0) is 22.6. The number of carbonyl (C=O) groups is 2. The molecule has 31 heavy (non-hydrogen) atoms. The molecule has 162 valence electrons. The topological polar surface area (TPSA) is 104 Å². The van der Waals surface area contributed by atoms with Crippen molar-refractivity contribution in [1.82, 2.24) is 5.32 Å². The Hall–Kier alpha value is -3.81. The molecule has 0 radical (unpaired) electrons. The van der Waals surface area contributed by atoms with E-state index in [2.05, 4.69) is 5.32 Å². The Morgan fingerprint density at radius 2 is 1.74 bits per heavy atom. The van der Waals surface area contributed by atoms with Crippen LogP contribution in [0.25, 0.3) is 11.0 Å². The summed E-state index contributed by atoms with van der Waals surface area (Å²) in [6.07, 6.45) is 0.475. The number of carbonyl (C=O) groups excluding carboxylic acids is 2. The molecule has 0 saturated heterocycles. The van der Waals surface area contributed by atoms with Crippen LogP contribution in [0.3, 0.4) is 0 Å². The highest BCUT2D eigenvalue weighted by Gasteiger charge is 2.22. The molecule has 0 unspecified atom stereocenters. The van der Waals surface area contributed by atoms with E-state index in [1.54, 1.807) is 45.0 Å². The van der Waals surface area contributed by atoms with E-state index in [4.69, 9.17) is 18.6 Å². The summed E-state index contributed by atoms with van der Waals surface area (Å²) in [6, 6.07) is 12.3. The van der Waals surface area contributed by atoms with Crippen LogP contribution in [0.1, 0.15) is 27.7 Å². The van der Waals surface area contributed by atoms with Crippen LogP contribution in [0.4, 0.5) is 4.79 Å². The number of amides is 1. The van der Waals surface area contributed by atoms with Gasteiger partial charge in [-0.15, -0.1) is 0 Å². The third kappa shape index (κ3) is 5.85. The van der Waals surface area contributed by atoms with Gasteiger partial charge in [-0.05, 0) is 52.0 Å². The summed E-state index contributed by atoms with van der Waals surface area (Å²) in [5, 5.41) is 2.68. The van der Waals surface area contributed by atoms with Crippen molar-refractivity contribution in [3.63, 3.8) is 0 Å². The van der Waals surface area contributed by atoms with Gasteiger partial charge >= 0.3 is 12.1 Å². The molecule has 3 aromatic rings. The highest BCUT2D eigenvalue weighted by molar-refractivity contribution is 5.84. The second-order valence-electron chi connectivity index (χ2n) is 7.79. The first-order valence-electron chi connectivity index (χ1n) is 9.62. The van der Waals surface area contributed by atoms with E-state index < -0.39 is 23.7 Å². The maximum atomic E-state index is 12.7. The molecule has 0 aliphatic carbocycles. The van der Waals surface area contributed by atoms with Gasteiger partial charge in [-0.1, -0.05) is 18.2 Å². The fourth-order valence-corrected chi connectivity index (χ4v) is 2.59. The number of benzene rings is 2. The van der Waals surface area contributed by atoms with Crippen molar-refractivity contribution in [2.75, 3.05) is 0 Å². The largest absolute Gasteiger partial charge is 0.460 e. The summed E-state index contributed by atoms with van der Waals surface area (Å²) in [4.78, 5) is 36.7. The Bertz CT molecular complexity index is 1150. The molecule has 1 atom stereocenters. The van der Waals surface area contributed by atoms with E-state index in [1.165, 1.54) is 31.4 Å². The average Bonchev–Trinajstić information content (AvgIpc) is 2.69. The quantitative estimate of drug-likeness (QED) is 0.477. The lowest BCUT2D eigenvalue weighted by Gasteiger charge is -2.21. The van der Waals surface area contributed by atoms with Crippen LogP contribution >= 0.6 is 0 Å². The molecule has 8 nitrogen and oxygen atoms in total. The summed E-state index contributed by atoms with van der Waals surface area (Å²) < 4.78 is 21.5. The second-order valence-corrected chi connectivity index (χ2v) is 7.79. The van der Waals surface area contributed by atoms with Crippen molar-refractivity contribution < 1.29 is 28.2 Å². The third-order valence-electron chi connectivity index (χ3n) is 3.99. The Kier molecular flexibility index (Phi) is 6.29. The Balaban J connectivity index is 1.71. The smallest absolute Gasteiger partial charge is 0.408 e. The Morgan fingerprint density at radius 1 is 1.03 bits per heavy atom. The van der Waals surface area contributed by atoms with E-state index in [-0.39, 0.29) is 27.9 Å². The van der Waals surface area contributed by atoms with Gasteiger partial charge in [0, 0.05) is 6.07 Å². The van der Waals surface area contributed by atoms with Crippen LogP contribution in [0, 0.1) is 0 Å². The van der Waals surface area contributed by atoms with Crippen LogP contribution < -0.4 is 20.2 Å². The number of hydrogen-bond donors (Lipinski definition) is 1. The van der Waals surface area contributed by atoms with Crippen LogP contribution in [-0.2, 0) is 9.53 Å². The van der Waals surface area contributed by atoms with Crippen molar-refractivity contribution in [1.29, 1.82) is 0 Å². The first-order valence-corrected chi connectivity index (χ1v) is 9.62. The number of nitrogens with one attached hydrogen (secondary N) is 1. The molecule has 0 aliphatic rings. The molecule has 0 aliphatic heterocycles. The highest BCUT2D eigenvalue weighted by atomic mass is 16.6. The van der Waals surface area contributed by atoms with Gasteiger partial charge in [0.2, 0.25) is 11.2 Å². The lowest BCUT2D eigenvalue weighted by Crippen LogP contribution is -2.43. The van der Waals surface area contributed by atoms with Crippen molar-refractivity contribution in [2.24, 2.45) is 0 Å². The summed E-state index contributed by atoms with van der Waals surface area (Å²) in [7, 11) is 0. The fraction of sp³-hybridized carbons (Fsp3) is 0.261. The summed E-state index contributed by atoms with van der Waals surface area (Å²) in [5.74, 6) is 0.0107. The van der Waals surface area contributed by atoms with Crippen LogP contribution in [0.5, 0.6) is 17.2 Å². The standard InChI is InChI=1S/C23H23NO7/c1-14(24-22(27)31-23(2,3)4)21(26)30-16-10-11-17-18(12-16)28-13-19(20(17)25)29-15-8-6-5-7-9-15/h5-14H,1-4H3,(H,24,27)/t14-/m1/s1. The molecule has 0 saturated carbocycles. The molecule has 1 N–H and O–H groups in total. The molecule has 2 aromatic carbocycles. The van der Waals surface area contributed by atoms with Crippen molar-refractivity contribution >= 4 is 23.0 Å². The van der Waals surface area contributed by atoms with Gasteiger partial charge < -0.3 is 23.9 Å². The van der Waals surface area contributed by atoms with Gasteiger partial charge in [-0.2, -0.15) is 0 Å². The number of rotatable bonds is 5. The number of para-hydroxylation sites is 1. The van der Waals surface area contributed by atoms with Gasteiger partial charge in [-0.3, -0.25) is 4.79 Å². The Morgan fingerprint density at radius 3 is 2.42 bits per heavy atom. The summed E-state index contributed by atoms with van der Waals surface area (Å²) in [5.41, 5.74) is -0.821. The number of ether oxygens (including phenoxy) is 3. The van der Waals surface area contributed by atoms with E-state index in [0.29, 0.717) is 5.75 Å². The summed E-state index contributed by atoms with van der Waals surface area (Å²) >= 11 is 0. The minimum absolute atomic E-state index is 0.0404.